The molecule has 2 nitrogen and oxygen atoms in total. The largest absolute Gasteiger partial charge is 0.384 e. The van der Waals surface area contributed by atoms with E-state index in [0.717, 1.165) is 6.07 Å². The number of β-amino-alcohol motifs (C(OH)–C–C–N with tert-alkyl or cyclic N) is 1. The normalized spacial score (nSPS) is 25.1. The molecule has 17 heavy (non-hydrogen) atoms. The van der Waals surface area contributed by atoms with Gasteiger partial charge in [-0.15, -0.1) is 6.58 Å². The number of hydrogen-bond acceptors (Lipinski definition) is 2. The Bertz CT molecular complexity index is 435. The minimum absolute atomic E-state index is 0.0454. The van der Waals surface area contributed by atoms with Gasteiger partial charge in [0.05, 0.1) is 0 Å². The molecule has 0 aliphatic carbocycles. The Morgan fingerprint density at radius 1 is 1.47 bits per heavy atom. The van der Waals surface area contributed by atoms with E-state index in [0.29, 0.717) is 26.1 Å². The second-order valence-electron chi connectivity index (χ2n) is 4.41. The summed E-state index contributed by atoms with van der Waals surface area (Å²) in [6.45, 7) is 5.21. The molecule has 1 atom stereocenters. The average Bonchev–Trinajstić information content (AvgIpc) is 2.66. The van der Waals surface area contributed by atoms with Crippen molar-refractivity contribution >= 4 is 0 Å². The maximum atomic E-state index is 13.6. The van der Waals surface area contributed by atoms with Gasteiger partial charge in [-0.05, 0) is 12.5 Å². The van der Waals surface area contributed by atoms with Crippen molar-refractivity contribution in [3.63, 3.8) is 0 Å². The van der Waals surface area contributed by atoms with Crippen molar-refractivity contribution in [3.8, 4) is 0 Å². The molecule has 1 fully saturated rings. The van der Waals surface area contributed by atoms with Gasteiger partial charge in [0.15, 0.2) is 11.6 Å². The molecular formula is C13H15F2NO. The smallest absolute Gasteiger partial charge is 0.164 e. The monoisotopic (exact) mass is 239 g/mol. The van der Waals surface area contributed by atoms with Crippen molar-refractivity contribution in [2.45, 2.75) is 12.0 Å². The summed E-state index contributed by atoms with van der Waals surface area (Å²) in [6, 6.07) is 3.91. The molecule has 92 valence electrons. The van der Waals surface area contributed by atoms with Crippen molar-refractivity contribution in [1.29, 1.82) is 0 Å². The molecule has 0 aromatic heterocycles. The molecule has 0 saturated carbocycles. The van der Waals surface area contributed by atoms with Gasteiger partial charge in [0.2, 0.25) is 0 Å². The lowest BCUT2D eigenvalue weighted by atomic mass is 9.92. The highest BCUT2D eigenvalue weighted by Gasteiger charge is 2.39. The van der Waals surface area contributed by atoms with E-state index in [9.17, 15) is 13.9 Å². The number of hydrogen-bond donors (Lipinski definition) is 1. The van der Waals surface area contributed by atoms with E-state index < -0.39 is 17.2 Å². The summed E-state index contributed by atoms with van der Waals surface area (Å²) in [4.78, 5) is 1.96. The highest BCUT2D eigenvalue weighted by atomic mass is 19.2. The fourth-order valence-electron chi connectivity index (χ4n) is 2.29. The molecule has 1 aliphatic rings. The summed E-state index contributed by atoms with van der Waals surface area (Å²) in [7, 11) is 0. The van der Waals surface area contributed by atoms with Gasteiger partial charge in [-0.2, -0.15) is 0 Å². The molecule has 0 bridgehead atoms. The summed E-state index contributed by atoms with van der Waals surface area (Å²) in [5.74, 6) is -1.87. The molecular weight excluding hydrogens is 224 g/mol. The van der Waals surface area contributed by atoms with Crippen LogP contribution < -0.4 is 0 Å². The fourth-order valence-corrected chi connectivity index (χ4v) is 2.29. The molecule has 1 unspecified atom stereocenters. The molecule has 1 heterocycles. The second kappa shape index (κ2) is 4.55. The Morgan fingerprint density at radius 3 is 2.94 bits per heavy atom. The van der Waals surface area contributed by atoms with Crippen LogP contribution in [0.5, 0.6) is 0 Å². The first-order chi connectivity index (χ1) is 8.07. The van der Waals surface area contributed by atoms with E-state index >= 15 is 0 Å². The lowest BCUT2D eigenvalue weighted by Gasteiger charge is -2.24. The van der Waals surface area contributed by atoms with Crippen LogP contribution in [0.4, 0.5) is 8.78 Å². The van der Waals surface area contributed by atoms with Gasteiger partial charge >= 0.3 is 0 Å². The van der Waals surface area contributed by atoms with Crippen LogP contribution in [0.1, 0.15) is 12.0 Å². The third-order valence-corrected chi connectivity index (χ3v) is 3.17. The van der Waals surface area contributed by atoms with Crippen molar-refractivity contribution in [2.75, 3.05) is 19.6 Å². The number of nitrogens with zero attached hydrogens (tertiary/aromatic N) is 1. The van der Waals surface area contributed by atoms with Crippen molar-refractivity contribution in [1.82, 2.24) is 4.90 Å². The zero-order valence-electron chi connectivity index (χ0n) is 9.50. The summed E-state index contributed by atoms with van der Waals surface area (Å²) < 4.78 is 26.8. The lowest BCUT2D eigenvalue weighted by Crippen LogP contribution is -2.32. The Kier molecular flexibility index (Phi) is 3.26. The number of rotatable bonds is 3. The van der Waals surface area contributed by atoms with Gasteiger partial charge in [-0.1, -0.05) is 18.2 Å². The van der Waals surface area contributed by atoms with Crippen LogP contribution in [0, 0.1) is 11.6 Å². The molecule has 1 aromatic carbocycles. The summed E-state index contributed by atoms with van der Waals surface area (Å²) in [6.07, 6.45) is 2.13. The number of benzene rings is 1. The molecule has 0 amide bonds. The zero-order chi connectivity index (χ0) is 12.5. The average molecular weight is 239 g/mol. The first kappa shape index (κ1) is 12.2. The molecule has 1 aromatic rings. The quantitative estimate of drug-likeness (QED) is 0.816. The summed E-state index contributed by atoms with van der Waals surface area (Å²) in [5, 5.41) is 10.4. The van der Waals surface area contributed by atoms with Crippen molar-refractivity contribution < 1.29 is 13.9 Å². The Hall–Kier alpha value is -1.26. The minimum atomic E-state index is -1.30. The standard InChI is InChI=1S/C13H15F2NO/c1-2-7-16-8-6-13(17,9-16)10-4-3-5-11(14)12(10)15/h2-5,17H,1,6-9H2. The zero-order valence-corrected chi connectivity index (χ0v) is 9.50. The van der Waals surface area contributed by atoms with E-state index in [1.807, 2.05) is 4.90 Å². The first-order valence-electron chi connectivity index (χ1n) is 5.57. The predicted octanol–water partition coefficient (Wildman–Crippen LogP) is 2.04. The van der Waals surface area contributed by atoms with Gasteiger partial charge in [0, 0.05) is 25.2 Å². The third kappa shape index (κ3) is 2.23. The molecule has 1 aliphatic heterocycles. The second-order valence-corrected chi connectivity index (χ2v) is 4.41. The maximum Gasteiger partial charge on any atom is 0.164 e. The van der Waals surface area contributed by atoms with E-state index in [4.69, 9.17) is 0 Å². The molecule has 1 N–H and O–H groups in total. The Labute approximate surface area is 99.2 Å². The summed E-state index contributed by atoms with van der Waals surface area (Å²) >= 11 is 0. The molecule has 2 rings (SSSR count). The SMILES string of the molecule is C=CCN1CCC(O)(c2cccc(F)c2F)C1. The van der Waals surface area contributed by atoms with Crippen molar-refractivity contribution in [3.05, 3.63) is 48.1 Å². The van der Waals surface area contributed by atoms with Crippen LogP contribution in [0.2, 0.25) is 0 Å². The number of likely N-dealkylation sites (tertiary alicyclic amines) is 1. The minimum Gasteiger partial charge on any atom is -0.384 e. The lowest BCUT2D eigenvalue weighted by molar-refractivity contribution is 0.0431. The van der Waals surface area contributed by atoms with Crippen LogP contribution in [0.25, 0.3) is 0 Å². The number of halogens is 2. The highest BCUT2D eigenvalue weighted by Crippen LogP contribution is 2.33. The van der Waals surface area contributed by atoms with E-state index in [1.54, 1.807) is 6.08 Å². The fraction of sp³-hybridized carbons (Fsp3) is 0.385. The van der Waals surface area contributed by atoms with Gasteiger partial charge in [-0.25, -0.2) is 8.78 Å². The van der Waals surface area contributed by atoms with Crippen LogP contribution in [0.3, 0.4) is 0 Å². The molecule has 0 radical (unpaired) electrons. The van der Waals surface area contributed by atoms with Gasteiger partial charge in [0.1, 0.15) is 5.60 Å². The van der Waals surface area contributed by atoms with Gasteiger partial charge in [-0.3, -0.25) is 4.90 Å². The van der Waals surface area contributed by atoms with Crippen LogP contribution in [-0.2, 0) is 5.60 Å². The Morgan fingerprint density at radius 2 is 2.24 bits per heavy atom. The van der Waals surface area contributed by atoms with E-state index in [-0.39, 0.29) is 5.56 Å². The maximum absolute atomic E-state index is 13.6. The van der Waals surface area contributed by atoms with Crippen LogP contribution >= 0.6 is 0 Å². The van der Waals surface area contributed by atoms with Crippen LogP contribution in [-0.4, -0.2) is 29.6 Å². The molecule has 0 spiro atoms. The van der Waals surface area contributed by atoms with E-state index in [1.165, 1.54) is 12.1 Å². The topological polar surface area (TPSA) is 23.5 Å². The Balaban J connectivity index is 2.27. The van der Waals surface area contributed by atoms with Gasteiger partial charge < -0.3 is 5.11 Å². The highest BCUT2D eigenvalue weighted by molar-refractivity contribution is 5.27. The summed E-state index contributed by atoms with van der Waals surface area (Å²) in [5.41, 5.74) is -1.25. The van der Waals surface area contributed by atoms with Crippen LogP contribution in [0.15, 0.2) is 30.9 Å². The molecule has 4 heteroatoms. The third-order valence-electron chi connectivity index (χ3n) is 3.17. The van der Waals surface area contributed by atoms with Gasteiger partial charge in [0.25, 0.3) is 0 Å². The number of aliphatic hydroxyl groups is 1. The van der Waals surface area contributed by atoms with Crippen molar-refractivity contribution in [2.24, 2.45) is 0 Å². The predicted molar refractivity (Wildman–Crippen MR) is 61.5 cm³/mol. The first-order valence-corrected chi connectivity index (χ1v) is 5.57. The van der Waals surface area contributed by atoms with E-state index in [2.05, 4.69) is 6.58 Å². The molecule has 1 saturated heterocycles.